The molecule has 0 radical (unpaired) electrons. The van der Waals surface area contributed by atoms with Gasteiger partial charge in [0, 0.05) is 0 Å². The SMILES string of the molecule is C=C/C=C\C1=C(C)C(=C)c2ccc(C)cc2CC1=C. The zero-order valence-corrected chi connectivity index (χ0v) is 11.8. The molecule has 0 atom stereocenters. The minimum absolute atomic E-state index is 0.879. The van der Waals surface area contributed by atoms with Gasteiger partial charge < -0.3 is 0 Å². The monoisotopic (exact) mass is 248 g/mol. The van der Waals surface area contributed by atoms with Gasteiger partial charge >= 0.3 is 0 Å². The molecule has 0 unspecified atom stereocenters. The average molecular weight is 248 g/mol. The first-order chi connectivity index (χ1) is 9.04. The molecule has 0 aliphatic heterocycles. The predicted molar refractivity (Wildman–Crippen MR) is 85.1 cm³/mol. The molecule has 0 heterocycles. The van der Waals surface area contributed by atoms with E-state index < -0.39 is 0 Å². The van der Waals surface area contributed by atoms with Gasteiger partial charge in [-0.15, -0.1) is 0 Å². The fourth-order valence-electron chi connectivity index (χ4n) is 2.53. The summed E-state index contributed by atoms with van der Waals surface area (Å²) in [5, 5.41) is 0. The third-order valence-corrected chi connectivity index (χ3v) is 3.63. The van der Waals surface area contributed by atoms with Gasteiger partial charge in [-0.1, -0.05) is 61.7 Å². The predicted octanol–water partition coefficient (Wildman–Crippen LogP) is 5.18. The molecule has 0 saturated heterocycles. The molecule has 0 fully saturated rings. The average Bonchev–Trinajstić information content (AvgIpc) is 2.45. The van der Waals surface area contributed by atoms with Gasteiger partial charge in [0.1, 0.15) is 0 Å². The summed E-state index contributed by atoms with van der Waals surface area (Å²) in [5.41, 5.74) is 8.45. The molecule has 2 rings (SSSR count). The number of allylic oxidation sites excluding steroid dienone is 7. The Kier molecular flexibility index (Phi) is 3.71. The maximum atomic E-state index is 4.26. The number of hydrogen-bond acceptors (Lipinski definition) is 0. The van der Waals surface area contributed by atoms with Gasteiger partial charge in [0.2, 0.25) is 0 Å². The van der Waals surface area contributed by atoms with Gasteiger partial charge in [-0.05, 0) is 53.7 Å². The Balaban J connectivity index is 2.59. The second-order valence-electron chi connectivity index (χ2n) is 5.05. The van der Waals surface area contributed by atoms with Crippen LogP contribution in [-0.2, 0) is 6.42 Å². The molecule has 0 bridgehead atoms. The van der Waals surface area contributed by atoms with Gasteiger partial charge in [-0.25, -0.2) is 0 Å². The van der Waals surface area contributed by atoms with Crippen molar-refractivity contribution < 1.29 is 0 Å². The van der Waals surface area contributed by atoms with Crippen LogP contribution in [0.5, 0.6) is 0 Å². The minimum Gasteiger partial charge on any atom is -0.0991 e. The molecular formula is C19H20. The van der Waals surface area contributed by atoms with Crippen molar-refractivity contribution in [2.45, 2.75) is 20.3 Å². The lowest BCUT2D eigenvalue weighted by Crippen LogP contribution is -1.93. The van der Waals surface area contributed by atoms with Crippen LogP contribution >= 0.6 is 0 Å². The van der Waals surface area contributed by atoms with Gasteiger partial charge in [0.15, 0.2) is 0 Å². The van der Waals surface area contributed by atoms with Crippen molar-refractivity contribution in [1.29, 1.82) is 0 Å². The van der Waals surface area contributed by atoms with E-state index in [1.54, 1.807) is 6.08 Å². The van der Waals surface area contributed by atoms with E-state index in [0.717, 1.165) is 17.6 Å². The summed E-state index contributed by atoms with van der Waals surface area (Å²) in [6, 6.07) is 6.55. The van der Waals surface area contributed by atoms with Crippen molar-refractivity contribution in [2.24, 2.45) is 0 Å². The molecule has 96 valence electrons. The molecule has 0 N–H and O–H groups in total. The maximum absolute atomic E-state index is 4.26. The fraction of sp³-hybridized carbons (Fsp3) is 0.158. The zero-order chi connectivity index (χ0) is 14.0. The summed E-state index contributed by atoms with van der Waals surface area (Å²) < 4.78 is 0. The lowest BCUT2D eigenvalue weighted by Gasteiger charge is -2.09. The van der Waals surface area contributed by atoms with Crippen molar-refractivity contribution in [2.75, 3.05) is 0 Å². The molecule has 0 spiro atoms. The van der Waals surface area contributed by atoms with Crippen molar-refractivity contribution >= 4 is 5.57 Å². The second-order valence-corrected chi connectivity index (χ2v) is 5.05. The Bertz CT molecular complexity index is 621. The number of rotatable bonds is 2. The highest BCUT2D eigenvalue weighted by Crippen LogP contribution is 2.35. The molecule has 1 aliphatic carbocycles. The van der Waals surface area contributed by atoms with Crippen molar-refractivity contribution in [3.8, 4) is 0 Å². The lowest BCUT2D eigenvalue weighted by molar-refractivity contribution is 1.17. The Morgan fingerprint density at radius 1 is 1.16 bits per heavy atom. The van der Waals surface area contributed by atoms with Crippen LogP contribution in [0.4, 0.5) is 0 Å². The Morgan fingerprint density at radius 2 is 1.89 bits per heavy atom. The molecule has 0 heteroatoms. The lowest BCUT2D eigenvalue weighted by atomic mass is 9.95. The number of benzene rings is 1. The first kappa shape index (κ1) is 13.4. The highest BCUT2D eigenvalue weighted by molar-refractivity contribution is 5.83. The molecule has 1 aromatic carbocycles. The molecule has 1 aliphatic rings. The van der Waals surface area contributed by atoms with Crippen LogP contribution in [0, 0.1) is 6.92 Å². The second kappa shape index (κ2) is 5.27. The van der Waals surface area contributed by atoms with E-state index in [0.29, 0.717) is 0 Å². The molecule has 1 aromatic rings. The summed E-state index contributed by atoms with van der Waals surface area (Å²) in [4.78, 5) is 0. The number of hydrogen-bond donors (Lipinski definition) is 0. The van der Waals surface area contributed by atoms with E-state index in [-0.39, 0.29) is 0 Å². The van der Waals surface area contributed by atoms with E-state index in [4.69, 9.17) is 0 Å². The molecule has 0 aromatic heterocycles. The van der Waals surface area contributed by atoms with Gasteiger partial charge in [-0.3, -0.25) is 0 Å². The molecule has 0 nitrogen and oxygen atoms in total. The zero-order valence-electron chi connectivity index (χ0n) is 11.8. The van der Waals surface area contributed by atoms with Gasteiger partial charge in [-0.2, -0.15) is 0 Å². The molecule has 19 heavy (non-hydrogen) atoms. The van der Waals surface area contributed by atoms with E-state index >= 15 is 0 Å². The van der Waals surface area contributed by atoms with Crippen LogP contribution < -0.4 is 0 Å². The van der Waals surface area contributed by atoms with Crippen molar-refractivity contribution in [3.05, 3.63) is 89.6 Å². The third-order valence-electron chi connectivity index (χ3n) is 3.63. The van der Waals surface area contributed by atoms with Crippen LogP contribution in [-0.4, -0.2) is 0 Å². The topological polar surface area (TPSA) is 0 Å². The van der Waals surface area contributed by atoms with E-state index in [2.05, 4.69) is 57.9 Å². The normalized spacial score (nSPS) is 15.7. The number of aryl methyl sites for hydroxylation is 1. The molecular weight excluding hydrogens is 228 g/mol. The Labute approximate surface area is 116 Å². The van der Waals surface area contributed by atoms with Crippen LogP contribution in [0.1, 0.15) is 23.6 Å². The van der Waals surface area contributed by atoms with Crippen LogP contribution in [0.25, 0.3) is 5.57 Å². The van der Waals surface area contributed by atoms with Gasteiger partial charge in [0.05, 0.1) is 0 Å². The minimum atomic E-state index is 0.879. The summed E-state index contributed by atoms with van der Waals surface area (Å²) in [6.07, 6.45) is 6.70. The molecule has 0 saturated carbocycles. The molecule has 0 amide bonds. The van der Waals surface area contributed by atoms with Crippen LogP contribution in [0.15, 0.2) is 72.9 Å². The quantitative estimate of drug-likeness (QED) is 0.633. The summed E-state index contributed by atoms with van der Waals surface area (Å²) in [6.45, 7) is 16.5. The van der Waals surface area contributed by atoms with E-state index in [1.807, 2.05) is 6.08 Å². The fourth-order valence-corrected chi connectivity index (χ4v) is 2.53. The van der Waals surface area contributed by atoms with E-state index in [9.17, 15) is 0 Å². The highest BCUT2D eigenvalue weighted by Gasteiger charge is 2.17. The number of fused-ring (bicyclic) bond motifs is 1. The standard InChI is InChI=1S/C19H20/c1-6-7-8-18-14(3)12-17-11-13(2)9-10-19(17)16(5)15(18)4/h6-11H,1,3,5,12H2,2,4H3/b8-7-. The van der Waals surface area contributed by atoms with Crippen LogP contribution in [0.2, 0.25) is 0 Å². The summed E-state index contributed by atoms with van der Waals surface area (Å²) in [7, 11) is 0. The highest BCUT2D eigenvalue weighted by atomic mass is 14.2. The Morgan fingerprint density at radius 3 is 2.58 bits per heavy atom. The van der Waals surface area contributed by atoms with Crippen LogP contribution in [0.3, 0.4) is 0 Å². The Hall–Kier alpha value is -2.08. The maximum Gasteiger partial charge on any atom is -0.00194 e. The summed E-state index contributed by atoms with van der Waals surface area (Å²) >= 11 is 0. The first-order valence-electron chi connectivity index (χ1n) is 6.52. The van der Waals surface area contributed by atoms with E-state index in [1.165, 1.54) is 27.8 Å². The van der Waals surface area contributed by atoms with Gasteiger partial charge in [0.25, 0.3) is 0 Å². The largest absolute Gasteiger partial charge is 0.0991 e. The summed E-state index contributed by atoms with van der Waals surface area (Å²) in [5.74, 6) is 0. The first-order valence-corrected chi connectivity index (χ1v) is 6.52. The smallest absolute Gasteiger partial charge is 0.00194 e. The van der Waals surface area contributed by atoms with Crippen molar-refractivity contribution in [1.82, 2.24) is 0 Å². The third kappa shape index (κ3) is 2.53. The van der Waals surface area contributed by atoms with Crippen molar-refractivity contribution in [3.63, 3.8) is 0 Å².